The Morgan fingerprint density at radius 1 is 1.02 bits per heavy atom. The fourth-order valence-corrected chi connectivity index (χ4v) is 4.37. The molecule has 3 aromatic carbocycles. The average Bonchev–Trinajstić information content (AvgIpc) is 2.88. The number of aromatic nitrogens is 3. The normalized spacial score (nSPS) is 12.3. The van der Waals surface area contributed by atoms with E-state index in [-0.39, 0.29) is 33.7 Å². The van der Waals surface area contributed by atoms with Crippen LogP contribution in [0.25, 0.3) is 38.9 Å². The van der Waals surface area contributed by atoms with Gasteiger partial charge < -0.3 is 15.0 Å². The molecule has 9 nitrogen and oxygen atoms in total. The van der Waals surface area contributed by atoms with Crippen molar-refractivity contribution in [3.8, 4) is 16.9 Å². The molecule has 5 aromatic rings. The quantitative estimate of drug-likeness (QED) is 0.239. The van der Waals surface area contributed by atoms with E-state index in [0.717, 1.165) is 24.4 Å². The molecule has 0 radical (unpaired) electrons. The number of fused-ring (bicyclic) bond motifs is 2. The molecule has 14 heteroatoms. The summed E-state index contributed by atoms with van der Waals surface area (Å²) in [6.45, 7) is 0. The van der Waals surface area contributed by atoms with E-state index < -0.39 is 28.0 Å². The van der Waals surface area contributed by atoms with Gasteiger partial charge in [-0.15, -0.1) is 13.2 Å². The van der Waals surface area contributed by atoms with Crippen LogP contribution in [0.5, 0.6) is 5.75 Å². The number of nitrogens with two attached hydrogens (primary N) is 1. The summed E-state index contributed by atoms with van der Waals surface area (Å²) in [5.41, 5.74) is 0.626. The lowest BCUT2D eigenvalue weighted by molar-refractivity contribution is -0.274. The highest BCUT2D eigenvalue weighted by atomic mass is 32.2. The zero-order valence-electron chi connectivity index (χ0n) is 20.0. The fraction of sp³-hybridized carbons (Fsp3) is 0.0385. The number of anilines is 2. The molecule has 0 aliphatic rings. The van der Waals surface area contributed by atoms with Gasteiger partial charge in [-0.2, -0.15) is 0 Å². The first-order valence-electron chi connectivity index (χ1n) is 11.3. The molecule has 0 bridgehead atoms. The average molecular weight is 572 g/mol. The van der Waals surface area contributed by atoms with Gasteiger partial charge in [-0.25, -0.2) is 27.9 Å². The number of aromatic amines is 1. The second-order valence-electron chi connectivity index (χ2n) is 8.48. The highest BCUT2D eigenvalue weighted by molar-refractivity contribution is 7.92. The minimum absolute atomic E-state index is 0.0152. The number of alkyl halides is 3. The monoisotopic (exact) mass is 571 g/mol. The van der Waals surface area contributed by atoms with Crippen molar-refractivity contribution in [1.29, 1.82) is 0 Å². The molecule has 204 valence electrons. The summed E-state index contributed by atoms with van der Waals surface area (Å²) in [6, 6.07) is 13.0. The summed E-state index contributed by atoms with van der Waals surface area (Å²) in [7, 11) is -3.97. The van der Waals surface area contributed by atoms with Gasteiger partial charge in [0, 0.05) is 28.8 Å². The summed E-state index contributed by atoms with van der Waals surface area (Å²) >= 11 is 0. The van der Waals surface area contributed by atoms with Crippen molar-refractivity contribution in [3.63, 3.8) is 0 Å². The largest absolute Gasteiger partial charge is 0.573 e. The van der Waals surface area contributed by atoms with Crippen LogP contribution in [0.1, 0.15) is 5.56 Å². The molecular formula is C26H17F4N5O4S. The van der Waals surface area contributed by atoms with Gasteiger partial charge in [-0.05, 0) is 52.9 Å². The second-order valence-corrected chi connectivity index (χ2v) is 9.93. The minimum Gasteiger partial charge on any atom is -0.404 e. The van der Waals surface area contributed by atoms with Crippen LogP contribution in [0, 0.1) is 5.82 Å². The van der Waals surface area contributed by atoms with Crippen LogP contribution < -0.4 is 20.8 Å². The number of halogens is 4. The van der Waals surface area contributed by atoms with Crippen LogP contribution in [0.2, 0.25) is 0 Å². The zero-order chi connectivity index (χ0) is 28.7. The van der Waals surface area contributed by atoms with Crippen molar-refractivity contribution in [1.82, 2.24) is 15.0 Å². The molecular weight excluding hydrogens is 554 g/mol. The molecule has 0 atom stereocenters. The Bertz CT molecular complexity index is 1970. The molecule has 5 rings (SSSR count). The van der Waals surface area contributed by atoms with E-state index in [1.54, 1.807) is 24.3 Å². The number of benzene rings is 3. The van der Waals surface area contributed by atoms with E-state index in [1.165, 1.54) is 24.4 Å². The van der Waals surface area contributed by atoms with Crippen molar-refractivity contribution in [2.24, 2.45) is 5.14 Å². The lowest BCUT2D eigenvalue weighted by atomic mass is 10.00. The SMILES string of the molecule is NS(=O)(=O)/C=C/c1cc(F)c2cnc(Nc3cc(-c4c[nH]c(=O)c5ccccc45)ccc3OC(F)(F)F)nc2c1. The van der Waals surface area contributed by atoms with Crippen LogP contribution in [-0.2, 0) is 10.0 Å². The van der Waals surface area contributed by atoms with Crippen LogP contribution >= 0.6 is 0 Å². The predicted octanol–water partition coefficient (Wildman–Crippen LogP) is 5.18. The van der Waals surface area contributed by atoms with Gasteiger partial charge in [0.25, 0.3) is 5.56 Å². The van der Waals surface area contributed by atoms with Crippen LogP contribution in [0.3, 0.4) is 0 Å². The third-order valence-corrected chi connectivity index (χ3v) is 6.21. The number of nitrogens with one attached hydrogen (secondary N) is 2. The number of primary sulfonamides is 1. The van der Waals surface area contributed by atoms with Gasteiger partial charge in [0.05, 0.1) is 16.6 Å². The molecule has 2 aromatic heterocycles. The molecule has 0 aliphatic heterocycles. The topological polar surface area (TPSA) is 140 Å². The minimum atomic E-state index is -5.01. The van der Waals surface area contributed by atoms with Crippen molar-refractivity contribution in [2.45, 2.75) is 6.36 Å². The van der Waals surface area contributed by atoms with Gasteiger partial charge >= 0.3 is 6.36 Å². The van der Waals surface area contributed by atoms with E-state index in [0.29, 0.717) is 27.3 Å². The Balaban J connectivity index is 1.60. The number of ether oxygens (including phenoxy) is 1. The van der Waals surface area contributed by atoms with Crippen molar-refractivity contribution in [3.05, 3.63) is 94.1 Å². The van der Waals surface area contributed by atoms with Crippen LogP contribution in [-0.4, -0.2) is 29.7 Å². The van der Waals surface area contributed by atoms with Crippen molar-refractivity contribution < 1.29 is 30.7 Å². The highest BCUT2D eigenvalue weighted by Crippen LogP contribution is 2.37. The van der Waals surface area contributed by atoms with E-state index >= 15 is 0 Å². The smallest absolute Gasteiger partial charge is 0.404 e. The Hall–Kier alpha value is -4.82. The first kappa shape index (κ1) is 26.8. The molecule has 0 saturated carbocycles. The van der Waals surface area contributed by atoms with E-state index in [9.17, 15) is 30.8 Å². The molecule has 0 amide bonds. The van der Waals surface area contributed by atoms with Gasteiger partial charge in [-0.3, -0.25) is 4.79 Å². The number of nitrogens with zero attached hydrogens (tertiary/aromatic N) is 2. The lowest BCUT2D eigenvalue weighted by Crippen LogP contribution is -2.18. The predicted molar refractivity (Wildman–Crippen MR) is 142 cm³/mol. The van der Waals surface area contributed by atoms with E-state index in [1.807, 2.05) is 0 Å². The third-order valence-electron chi connectivity index (χ3n) is 5.69. The van der Waals surface area contributed by atoms with Gasteiger partial charge in [-0.1, -0.05) is 24.3 Å². The summed E-state index contributed by atoms with van der Waals surface area (Å²) < 4.78 is 80.7. The fourth-order valence-electron chi connectivity index (χ4n) is 4.02. The number of hydrogen-bond donors (Lipinski definition) is 3. The number of hydrogen-bond acceptors (Lipinski definition) is 7. The summed E-state index contributed by atoms with van der Waals surface area (Å²) in [4.78, 5) is 23.0. The summed E-state index contributed by atoms with van der Waals surface area (Å²) in [6.07, 6.45) is -1.38. The van der Waals surface area contributed by atoms with Crippen LogP contribution in [0.4, 0.5) is 29.2 Å². The van der Waals surface area contributed by atoms with E-state index in [4.69, 9.17) is 5.14 Å². The Morgan fingerprint density at radius 2 is 1.77 bits per heavy atom. The maximum Gasteiger partial charge on any atom is 0.573 e. The van der Waals surface area contributed by atoms with Gasteiger partial charge in [0.1, 0.15) is 5.82 Å². The molecule has 0 spiro atoms. The maximum absolute atomic E-state index is 14.6. The number of rotatable bonds is 6. The Labute approximate surface area is 223 Å². The molecule has 0 aliphatic carbocycles. The Kier molecular flexibility index (Phi) is 6.73. The molecule has 2 heterocycles. The summed E-state index contributed by atoms with van der Waals surface area (Å²) in [5, 5.41) is 9.24. The van der Waals surface area contributed by atoms with Gasteiger partial charge in [0.2, 0.25) is 16.0 Å². The standard InChI is InChI=1S/C26H17F4N5O4S/c27-20-9-14(7-8-40(31,37)38)10-21-19(20)13-33-25(34-21)35-22-11-15(5-6-23(22)39-26(28,29)30)18-12-32-24(36)17-4-2-1-3-16(17)18/h1-13H,(H,32,36)(H2,31,37,38)(H,33,34,35)/b8-7+. The van der Waals surface area contributed by atoms with Crippen molar-refractivity contribution >= 4 is 49.4 Å². The number of pyridine rings is 1. The second kappa shape index (κ2) is 10.1. The highest BCUT2D eigenvalue weighted by Gasteiger charge is 2.32. The van der Waals surface area contributed by atoms with Gasteiger partial charge in [0.15, 0.2) is 5.75 Å². The third kappa shape index (κ3) is 5.92. The first-order valence-corrected chi connectivity index (χ1v) is 12.9. The van der Waals surface area contributed by atoms with Crippen LogP contribution in [0.15, 0.2) is 77.2 Å². The molecule has 0 fully saturated rings. The van der Waals surface area contributed by atoms with E-state index in [2.05, 4.69) is 25.0 Å². The zero-order valence-corrected chi connectivity index (χ0v) is 20.8. The molecule has 4 N–H and O–H groups in total. The number of sulfonamides is 1. The lowest BCUT2D eigenvalue weighted by Gasteiger charge is -2.16. The molecule has 0 saturated heterocycles. The molecule has 40 heavy (non-hydrogen) atoms. The maximum atomic E-state index is 14.6. The Morgan fingerprint density at radius 3 is 2.50 bits per heavy atom. The first-order chi connectivity index (χ1) is 18.9. The summed E-state index contributed by atoms with van der Waals surface area (Å²) in [5.74, 6) is -1.55. The van der Waals surface area contributed by atoms with Crippen molar-refractivity contribution in [2.75, 3.05) is 5.32 Å². The number of H-pyrrole nitrogens is 1. The molecule has 0 unspecified atom stereocenters.